The van der Waals surface area contributed by atoms with E-state index in [1.54, 1.807) is 0 Å². The molecule has 0 bridgehead atoms. The molecule has 0 aromatic heterocycles. The molecular weight excluding hydrogens is 306 g/mol. The van der Waals surface area contributed by atoms with Crippen molar-refractivity contribution in [3.63, 3.8) is 0 Å². The predicted molar refractivity (Wildman–Crippen MR) is 95.5 cm³/mol. The Balaban J connectivity index is 2.22. The van der Waals surface area contributed by atoms with Gasteiger partial charge in [-0.15, -0.1) is 0 Å². The van der Waals surface area contributed by atoms with Crippen molar-refractivity contribution >= 4 is 12.3 Å². The third kappa shape index (κ3) is 6.89. The van der Waals surface area contributed by atoms with E-state index in [1.807, 2.05) is 27.7 Å². The third-order valence-corrected chi connectivity index (χ3v) is 4.80. The average molecular weight is 340 g/mol. The average Bonchev–Trinajstić information content (AvgIpc) is 2.47. The number of unbranched alkanes of at least 4 members (excludes halogenated alkanes) is 6. The molecule has 1 saturated heterocycles. The lowest BCUT2D eigenvalue weighted by Crippen LogP contribution is -2.59. The Bertz CT molecular complexity index is 388. The number of ether oxygens (including phenoxy) is 1. The summed E-state index contributed by atoms with van der Waals surface area (Å²) in [6.45, 7) is 7.64. The molecule has 1 rings (SSSR count). The van der Waals surface area contributed by atoms with E-state index in [1.165, 1.54) is 0 Å². The molecule has 1 heterocycles. The lowest BCUT2D eigenvalue weighted by molar-refractivity contribution is -0.157. The second-order valence-electron chi connectivity index (χ2n) is 8.27. The van der Waals surface area contributed by atoms with Crippen LogP contribution in [0.15, 0.2) is 0 Å². The Morgan fingerprint density at radius 3 is 2.08 bits per heavy atom. The van der Waals surface area contributed by atoms with Crippen LogP contribution in [-0.4, -0.2) is 34.5 Å². The lowest BCUT2D eigenvalue weighted by Gasteiger charge is -2.59. The van der Waals surface area contributed by atoms with Crippen LogP contribution in [0.1, 0.15) is 91.9 Å². The van der Waals surface area contributed by atoms with Crippen LogP contribution in [0.3, 0.4) is 0 Å². The highest BCUT2D eigenvalue weighted by Gasteiger charge is 2.41. The largest absolute Gasteiger partial charge is 0.784 e. The summed E-state index contributed by atoms with van der Waals surface area (Å²) in [4.78, 5) is 22.2. The lowest BCUT2D eigenvalue weighted by atomic mass is 9.80. The summed E-state index contributed by atoms with van der Waals surface area (Å²) in [5.74, 6) is -0.146. The number of carbonyl (C=O) groups is 2. The number of hydroxylamine groups is 2. The highest BCUT2D eigenvalue weighted by Crippen LogP contribution is 2.38. The number of rotatable bonds is 10. The van der Waals surface area contributed by atoms with Crippen LogP contribution in [0.25, 0.3) is 0 Å². The van der Waals surface area contributed by atoms with Crippen molar-refractivity contribution in [2.45, 2.75) is 109 Å². The van der Waals surface area contributed by atoms with Crippen LogP contribution in [0.5, 0.6) is 0 Å². The van der Waals surface area contributed by atoms with E-state index in [0.717, 1.165) is 49.9 Å². The van der Waals surface area contributed by atoms with Gasteiger partial charge in [-0.05, 0) is 40.5 Å². The van der Waals surface area contributed by atoms with Gasteiger partial charge in [-0.2, -0.15) is 0 Å². The predicted octanol–water partition coefficient (Wildman–Crippen LogP) is 4.37. The molecule has 1 aliphatic rings. The fourth-order valence-electron chi connectivity index (χ4n) is 3.70. The van der Waals surface area contributed by atoms with Crippen LogP contribution < -0.4 is 0 Å². The highest BCUT2D eigenvalue weighted by molar-refractivity contribution is 5.69. The molecular formula is C19H34NO4-. The van der Waals surface area contributed by atoms with Gasteiger partial charge in [-0.3, -0.25) is 4.79 Å². The Kier molecular flexibility index (Phi) is 8.37. The van der Waals surface area contributed by atoms with Crippen molar-refractivity contribution in [3.8, 4) is 0 Å². The Morgan fingerprint density at radius 2 is 1.54 bits per heavy atom. The van der Waals surface area contributed by atoms with Gasteiger partial charge in [0, 0.05) is 36.8 Å². The minimum Gasteiger partial charge on any atom is -0.784 e. The fraction of sp³-hybridized carbons (Fsp3) is 0.895. The number of esters is 1. The Hall–Kier alpha value is -0.940. The molecule has 0 aromatic carbocycles. The zero-order valence-corrected chi connectivity index (χ0v) is 15.8. The maximum Gasteiger partial charge on any atom is 0.306 e. The molecule has 0 aliphatic carbocycles. The fourth-order valence-corrected chi connectivity index (χ4v) is 3.70. The van der Waals surface area contributed by atoms with Crippen LogP contribution >= 0.6 is 0 Å². The maximum absolute atomic E-state index is 12.3. The molecule has 5 nitrogen and oxygen atoms in total. The minimum absolute atomic E-state index is 0.146. The number of hydrogen-bond donors (Lipinski definition) is 0. The minimum atomic E-state index is -0.506. The number of hydrogen-bond acceptors (Lipinski definition) is 5. The molecule has 5 heteroatoms. The maximum atomic E-state index is 12.3. The summed E-state index contributed by atoms with van der Waals surface area (Å²) in [5.41, 5.74) is -1.01. The standard InChI is InChI=1S/C19H34NO4/c1-18(2)14-16(15-19(3,4)20(18)23)24-17(22)12-10-8-6-5-7-9-11-13-21/h13,16H,5-12,14-15H2,1-4H3/q-1. The monoisotopic (exact) mass is 340 g/mol. The summed E-state index contributed by atoms with van der Waals surface area (Å²) in [6.07, 6.45) is 9.21. The topological polar surface area (TPSA) is 69.7 Å². The van der Waals surface area contributed by atoms with E-state index < -0.39 is 11.1 Å². The molecule has 140 valence electrons. The SMILES string of the molecule is CC1(C)CC(OC(=O)CCCCCCCCC=O)CC(C)(C)N1[O-]. The summed E-state index contributed by atoms with van der Waals surface area (Å²) < 4.78 is 5.63. The second kappa shape index (κ2) is 9.52. The molecule has 1 aliphatic heterocycles. The van der Waals surface area contributed by atoms with Gasteiger partial charge in [0.15, 0.2) is 0 Å². The van der Waals surface area contributed by atoms with Crippen molar-refractivity contribution in [2.24, 2.45) is 0 Å². The number of piperidine rings is 1. The molecule has 0 atom stereocenters. The molecule has 1 fully saturated rings. The Labute approximate surface area is 146 Å². The molecule has 0 N–H and O–H groups in total. The van der Waals surface area contributed by atoms with E-state index in [9.17, 15) is 14.8 Å². The van der Waals surface area contributed by atoms with Gasteiger partial charge in [-0.25, -0.2) is 0 Å². The molecule has 0 unspecified atom stereocenters. The van der Waals surface area contributed by atoms with Crippen LogP contribution in [0.4, 0.5) is 0 Å². The van der Waals surface area contributed by atoms with E-state index >= 15 is 0 Å². The molecule has 0 aromatic rings. The van der Waals surface area contributed by atoms with Crippen molar-refractivity contribution in [1.29, 1.82) is 0 Å². The van der Waals surface area contributed by atoms with Gasteiger partial charge >= 0.3 is 5.97 Å². The second-order valence-corrected chi connectivity index (χ2v) is 8.27. The zero-order valence-electron chi connectivity index (χ0n) is 15.8. The highest BCUT2D eigenvalue weighted by atomic mass is 16.5. The number of nitrogens with zero attached hydrogens (tertiary/aromatic N) is 1. The molecule has 0 amide bonds. The number of carbonyl (C=O) groups excluding carboxylic acids is 2. The first-order chi connectivity index (χ1) is 11.2. The van der Waals surface area contributed by atoms with E-state index in [2.05, 4.69) is 0 Å². The van der Waals surface area contributed by atoms with E-state index in [4.69, 9.17) is 4.74 Å². The first-order valence-corrected chi connectivity index (χ1v) is 9.29. The van der Waals surface area contributed by atoms with Gasteiger partial charge in [0.2, 0.25) is 0 Å². The van der Waals surface area contributed by atoms with Gasteiger partial charge < -0.3 is 19.8 Å². The van der Waals surface area contributed by atoms with Gasteiger partial charge in [0.05, 0.1) is 0 Å². The van der Waals surface area contributed by atoms with Crippen molar-refractivity contribution in [1.82, 2.24) is 5.06 Å². The van der Waals surface area contributed by atoms with Gasteiger partial charge in [0.25, 0.3) is 0 Å². The van der Waals surface area contributed by atoms with Crippen LogP contribution in [0, 0.1) is 5.21 Å². The van der Waals surface area contributed by atoms with Crippen molar-refractivity contribution < 1.29 is 14.3 Å². The van der Waals surface area contributed by atoms with Gasteiger partial charge in [-0.1, -0.05) is 25.7 Å². The summed E-state index contributed by atoms with van der Waals surface area (Å²) in [6, 6.07) is 0. The van der Waals surface area contributed by atoms with Crippen LogP contribution in [0.2, 0.25) is 0 Å². The van der Waals surface area contributed by atoms with Crippen LogP contribution in [-0.2, 0) is 14.3 Å². The molecule has 0 spiro atoms. The summed E-state index contributed by atoms with van der Waals surface area (Å²) in [5, 5.41) is 13.4. The smallest absolute Gasteiger partial charge is 0.306 e. The normalized spacial score (nSPS) is 20.7. The molecule has 0 saturated carbocycles. The van der Waals surface area contributed by atoms with E-state index in [0.29, 0.717) is 25.7 Å². The molecule has 24 heavy (non-hydrogen) atoms. The third-order valence-electron chi connectivity index (χ3n) is 4.80. The number of aldehydes is 1. The van der Waals surface area contributed by atoms with Crippen molar-refractivity contribution in [3.05, 3.63) is 5.21 Å². The van der Waals surface area contributed by atoms with Gasteiger partial charge in [0.1, 0.15) is 12.4 Å². The first kappa shape index (κ1) is 21.1. The first-order valence-electron chi connectivity index (χ1n) is 9.29. The zero-order chi connectivity index (χ0) is 18.2. The quantitative estimate of drug-likeness (QED) is 0.335. The van der Waals surface area contributed by atoms with Crippen molar-refractivity contribution in [2.75, 3.05) is 0 Å². The molecule has 0 radical (unpaired) electrons. The van der Waals surface area contributed by atoms with E-state index in [-0.39, 0.29) is 12.1 Å². The summed E-state index contributed by atoms with van der Waals surface area (Å²) >= 11 is 0. The Morgan fingerprint density at radius 1 is 1.04 bits per heavy atom. The summed E-state index contributed by atoms with van der Waals surface area (Å²) in [7, 11) is 0.